The van der Waals surface area contributed by atoms with Gasteiger partial charge in [-0.2, -0.15) is 11.8 Å². The largest absolute Gasteiger partial charge is 0.467 e. The zero-order valence-corrected chi connectivity index (χ0v) is 10.7. The maximum atomic E-state index is 11.9. The number of amides is 1. The molecule has 1 aliphatic heterocycles. The number of carbonyl (C=O) groups is 2. The van der Waals surface area contributed by atoms with E-state index in [1.807, 2.05) is 13.8 Å². The van der Waals surface area contributed by atoms with Crippen LogP contribution in [0.5, 0.6) is 0 Å². The second-order valence-corrected chi connectivity index (χ2v) is 5.02. The maximum Gasteiger partial charge on any atom is 0.329 e. The first-order valence-electron chi connectivity index (χ1n) is 5.17. The van der Waals surface area contributed by atoms with Gasteiger partial charge in [0.2, 0.25) is 5.91 Å². The van der Waals surface area contributed by atoms with Crippen molar-refractivity contribution in [1.82, 2.24) is 4.90 Å². The normalized spacial score (nSPS) is 20.2. The second-order valence-electron chi connectivity index (χ2n) is 3.87. The molecule has 0 bridgehead atoms. The summed E-state index contributed by atoms with van der Waals surface area (Å²) in [5.74, 6) is 1.06. The van der Waals surface area contributed by atoms with Gasteiger partial charge in [0.1, 0.15) is 6.04 Å². The number of allylic oxidation sites excluding steroid dienone is 1. The van der Waals surface area contributed by atoms with E-state index in [0.717, 1.165) is 11.3 Å². The lowest BCUT2D eigenvalue weighted by atomic mass is 10.2. The fraction of sp³-hybridized carbons (Fsp3) is 0.636. The number of thioether (sulfide) groups is 1. The number of ether oxygens (including phenoxy) is 1. The molecular weight excluding hydrogens is 226 g/mol. The van der Waals surface area contributed by atoms with E-state index in [2.05, 4.69) is 0 Å². The molecule has 0 aromatic carbocycles. The van der Waals surface area contributed by atoms with Gasteiger partial charge in [0, 0.05) is 24.1 Å². The molecule has 1 heterocycles. The van der Waals surface area contributed by atoms with Crippen molar-refractivity contribution in [3.63, 3.8) is 0 Å². The Hall–Kier alpha value is -0.970. The molecule has 16 heavy (non-hydrogen) atoms. The average molecular weight is 243 g/mol. The van der Waals surface area contributed by atoms with Crippen LogP contribution in [0.3, 0.4) is 0 Å². The predicted octanol–water partition coefficient (Wildman–Crippen LogP) is 1.07. The Kier molecular flexibility index (Phi) is 4.86. The van der Waals surface area contributed by atoms with Gasteiger partial charge in [-0.05, 0) is 13.8 Å². The van der Waals surface area contributed by atoms with Gasteiger partial charge in [-0.1, -0.05) is 5.57 Å². The van der Waals surface area contributed by atoms with Crippen LogP contribution in [0, 0.1) is 0 Å². The fourth-order valence-electron chi connectivity index (χ4n) is 1.53. The first kappa shape index (κ1) is 13.1. The first-order chi connectivity index (χ1) is 7.56. The molecule has 0 aromatic heterocycles. The summed E-state index contributed by atoms with van der Waals surface area (Å²) < 4.78 is 4.71. The number of hydrogen-bond acceptors (Lipinski definition) is 4. The van der Waals surface area contributed by atoms with Crippen molar-refractivity contribution < 1.29 is 14.3 Å². The van der Waals surface area contributed by atoms with Crippen LogP contribution in [-0.2, 0) is 14.3 Å². The second kappa shape index (κ2) is 5.94. The van der Waals surface area contributed by atoms with E-state index >= 15 is 0 Å². The Labute approximate surface area is 100 Å². The molecule has 0 aliphatic carbocycles. The average Bonchev–Trinajstić information content (AvgIpc) is 2.27. The maximum absolute atomic E-state index is 11.9. The lowest BCUT2D eigenvalue weighted by Crippen LogP contribution is -2.50. The number of rotatable bonds is 2. The van der Waals surface area contributed by atoms with Gasteiger partial charge in [0.15, 0.2) is 0 Å². The van der Waals surface area contributed by atoms with E-state index in [9.17, 15) is 9.59 Å². The number of nitrogens with zero attached hydrogens (tertiary/aromatic N) is 1. The van der Waals surface area contributed by atoms with Crippen LogP contribution in [0.25, 0.3) is 0 Å². The Morgan fingerprint density at radius 3 is 2.69 bits per heavy atom. The lowest BCUT2D eigenvalue weighted by molar-refractivity contribution is -0.150. The van der Waals surface area contributed by atoms with E-state index < -0.39 is 6.04 Å². The van der Waals surface area contributed by atoms with Crippen LogP contribution in [0.4, 0.5) is 0 Å². The third kappa shape index (κ3) is 3.27. The van der Waals surface area contributed by atoms with Gasteiger partial charge in [0.25, 0.3) is 0 Å². The number of carbonyl (C=O) groups excluding carboxylic acids is 2. The Morgan fingerprint density at radius 2 is 2.12 bits per heavy atom. The molecule has 1 amide bonds. The third-order valence-corrected chi connectivity index (χ3v) is 3.32. The van der Waals surface area contributed by atoms with E-state index in [4.69, 9.17) is 4.74 Å². The van der Waals surface area contributed by atoms with Gasteiger partial charge in [0.05, 0.1) is 7.11 Å². The first-order valence-corrected chi connectivity index (χ1v) is 6.32. The van der Waals surface area contributed by atoms with Crippen LogP contribution >= 0.6 is 11.8 Å². The Bertz CT molecular complexity index is 310. The highest BCUT2D eigenvalue weighted by atomic mass is 32.2. The summed E-state index contributed by atoms with van der Waals surface area (Å²) in [6.45, 7) is 4.33. The Morgan fingerprint density at radius 1 is 1.44 bits per heavy atom. The highest BCUT2D eigenvalue weighted by Crippen LogP contribution is 2.18. The van der Waals surface area contributed by atoms with Crippen LogP contribution < -0.4 is 0 Å². The van der Waals surface area contributed by atoms with Gasteiger partial charge in [-0.3, -0.25) is 4.79 Å². The molecule has 1 atom stereocenters. The molecule has 5 heteroatoms. The number of hydrogen-bond donors (Lipinski definition) is 0. The molecule has 0 spiro atoms. The third-order valence-electron chi connectivity index (χ3n) is 2.30. The molecule has 1 aliphatic rings. The summed E-state index contributed by atoms with van der Waals surface area (Å²) in [6, 6.07) is -0.438. The molecule has 0 saturated carbocycles. The molecule has 0 N–H and O–H groups in total. The minimum atomic E-state index is -0.438. The van der Waals surface area contributed by atoms with Crippen LogP contribution in [0.15, 0.2) is 11.6 Å². The van der Waals surface area contributed by atoms with E-state index in [1.54, 1.807) is 22.7 Å². The van der Waals surface area contributed by atoms with Crippen molar-refractivity contribution in [2.45, 2.75) is 19.9 Å². The summed E-state index contributed by atoms with van der Waals surface area (Å²) in [4.78, 5) is 25.0. The topological polar surface area (TPSA) is 46.6 Å². The number of esters is 1. The zero-order chi connectivity index (χ0) is 12.1. The molecule has 1 fully saturated rings. The SMILES string of the molecule is COC(=O)C1CSCCN1C(=O)C=C(C)C. The Balaban J connectivity index is 2.78. The van der Waals surface area contributed by atoms with Gasteiger partial charge >= 0.3 is 5.97 Å². The van der Waals surface area contributed by atoms with Gasteiger partial charge in [-0.15, -0.1) is 0 Å². The molecule has 1 rings (SSSR count). The van der Waals surface area contributed by atoms with Crippen LogP contribution in [0.2, 0.25) is 0 Å². The summed E-state index contributed by atoms with van der Waals surface area (Å²) in [5, 5.41) is 0. The highest BCUT2D eigenvalue weighted by Gasteiger charge is 2.32. The van der Waals surface area contributed by atoms with Crippen molar-refractivity contribution >= 4 is 23.6 Å². The highest BCUT2D eigenvalue weighted by molar-refractivity contribution is 7.99. The van der Waals surface area contributed by atoms with Crippen molar-refractivity contribution in [1.29, 1.82) is 0 Å². The molecule has 90 valence electrons. The van der Waals surface area contributed by atoms with Crippen LogP contribution in [-0.4, -0.2) is 48.0 Å². The standard InChI is InChI=1S/C11H17NO3S/c1-8(2)6-10(13)12-4-5-16-7-9(12)11(14)15-3/h6,9H,4-5,7H2,1-3H3. The predicted molar refractivity (Wildman–Crippen MR) is 64.3 cm³/mol. The summed E-state index contributed by atoms with van der Waals surface area (Å²) in [7, 11) is 1.35. The smallest absolute Gasteiger partial charge is 0.329 e. The number of methoxy groups -OCH3 is 1. The molecular formula is C11H17NO3S. The zero-order valence-electron chi connectivity index (χ0n) is 9.86. The summed E-state index contributed by atoms with van der Waals surface area (Å²) in [6.07, 6.45) is 1.56. The van der Waals surface area contributed by atoms with Crippen LogP contribution in [0.1, 0.15) is 13.8 Å². The van der Waals surface area contributed by atoms with Gasteiger partial charge in [-0.25, -0.2) is 4.79 Å². The van der Waals surface area contributed by atoms with E-state index in [0.29, 0.717) is 12.3 Å². The summed E-state index contributed by atoms with van der Waals surface area (Å²) in [5.41, 5.74) is 0.937. The molecule has 4 nitrogen and oxygen atoms in total. The minimum absolute atomic E-state index is 0.101. The lowest BCUT2D eigenvalue weighted by Gasteiger charge is -2.32. The quantitative estimate of drug-likeness (QED) is 0.537. The van der Waals surface area contributed by atoms with Crippen molar-refractivity contribution in [2.24, 2.45) is 0 Å². The molecule has 0 aromatic rings. The minimum Gasteiger partial charge on any atom is -0.467 e. The molecule has 1 unspecified atom stereocenters. The molecule has 1 saturated heterocycles. The monoisotopic (exact) mass is 243 g/mol. The van der Waals surface area contributed by atoms with Crippen molar-refractivity contribution in [3.05, 3.63) is 11.6 Å². The van der Waals surface area contributed by atoms with Crippen molar-refractivity contribution in [3.8, 4) is 0 Å². The molecule has 0 radical (unpaired) electrons. The summed E-state index contributed by atoms with van der Waals surface area (Å²) >= 11 is 1.67. The van der Waals surface area contributed by atoms with E-state index in [-0.39, 0.29) is 11.9 Å². The van der Waals surface area contributed by atoms with Crippen molar-refractivity contribution in [2.75, 3.05) is 25.2 Å². The fourth-order valence-corrected chi connectivity index (χ4v) is 2.56. The van der Waals surface area contributed by atoms with Gasteiger partial charge < -0.3 is 9.64 Å². The van der Waals surface area contributed by atoms with E-state index in [1.165, 1.54) is 7.11 Å².